The van der Waals surface area contributed by atoms with E-state index in [2.05, 4.69) is 4.98 Å². The lowest BCUT2D eigenvalue weighted by atomic mass is 10.2. The number of hydrogen-bond acceptors (Lipinski definition) is 4. The normalized spacial score (nSPS) is 19.1. The van der Waals surface area contributed by atoms with Gasteiger partial charge in [0.25, 0.3) is 5.91 Å². The van der Waals surface area contributed by atoms with Crippen LogP contribution in [0.4, 0.5) is 0 Å². The Hall–Kier alpha value is -2.15. The van der Waals surface area contributed by atoms with Gasteiger partial charge in [-0.1, -0.05) is 0 Å². The molecule has 1 aromatic carbocycles. The largest absolute Gasteiger partial charge is 0.497 e. The topological polar surface area (TPSA) is 67.3 Å². The molecule has 1 aliphatic heterocycles. The van der Waals surface area contributed by atoms with E-state index in [1.54, 1.807) is 17.7 Å². The van der Waals surface area contributed by atoms with Crippen LogP contribution in [0.15, 0.2) is 18.2 Å². The third-order valence-electron chi connectivity index (χ3n) is 3.59. The summed E-state index contributed by atoms with van der Waals surface area (Å²) in [6, 6.07) is 4.87. The van der Waals surface area contributed by atoms with E-state index in [0.717, 1.165) is 15.9 Å². The molecule has 2 heterocycles. The van der Waals surface area contributed by atoms with E-state index in [9.17, 15) is 9.59 Å². The second-order valence-electron chi connectivity index (χ2n) is 4.69. The number of likely N-dealkylation sites (tertiary alicyclic amines) is 1. The molecule has 1 aliphatic rings. The number of aromatic amines is 1. The average Bonchev–Trinajstić information content (AvgIpc) is 2.89. The molecule has 3 rings (SSSR count). The summed E-state index contributed by atoms with van der Waals surface area (Å²) in [6.07, 6.45) is 0.133. The predicted molar refractivity (Wildman–Crippen MR) is 75.1 cm³/mol. The minimum absolute atomic E-state index is 0.133. The Kier molecular flexibility index (Phi) is 2.86. The van der Waals surface area contributed by atoms with Crippen molar-refractivity contribution < 1.29 is 14.3 Å². The first-order chi connectivity index (χ1) is 9.52. The van der Waals surface area contributed by atoms with Crippen LogP contribution >= 0.6 is 12.2 Å². The molecule has 104 valence electrons. The number of likely N-dealkylation sites (N-methyl/N-ethyl adjacent to an activating group) is 1. The number of rotatable bonds is 2. The maximum atomic E-state index is 12.2. The molecule has 6 nitrogen and oxygen atoms in total. The molecule has 1 unspecified atom stereocenters. The predicted octanol–water partition coefficient (Wildman–Crippen LogP) is 1.64. The van der Waals surface area contributed by atoms with E-state index in [1.165, 1.54) is 7.05 Å². The molecule has 1 saturated heterocycles. The van der Waals surface area contributed by atoms with Crippen LogP contribution in [0.3, 0.4) is 0 Å². The number of methoxy groups -OCH3 is 1. The van der Waals surface area contributed by atoms with E-state index >= 15 is 0 Å². The quantitative estimate of drug-likeness (QED) is 0.674. The van der Waals surface area contributed by atoms with Crippen LogP contribution in [0.5, 0.6) is 5.75 Å². The van der Waals surface area contributed by atoms with Crippen LogP contribution in [0, 0.1) is 4.77 Å². The van der Waals surface area contributed by atoms with Crippen LogP contribution in [0.25, 0.3) is 11.0 Å². The number of ether oxygens (including phenoxy) is 1. The third-order valence-corrected chi connectivity index (χ3v) is 3.89. The van der Waals surface area contributed by atoms with Crippen molar-refractivity contribution in [3.8, 4) is 5.75 Å². The monoisotopic (exact) mass is 291 g/mol. The van der Waals surface area contributed by atoms with Crippen LogP contribution in [-0.4, -0.2) is 40.4 Å². The summed E-state index contributed by atoms with van der Waals surface area (Å²) in [7, 11) is 3.06. The maximum absolute atomic E-state index is 12.2. The molecule has 20 heavy (non-hydrogen) atoms. The summed E-state index contributed by atoms with van der Waals surface area (Å²) in [5.41, 5.74) is 1.57. The highest BCUT2D eigenvalue weighted by Gasteiger charge is 2.38. The van der Waals surface area contributed by atoms with Crippen molar-refractivity contribution in [2.75, 3.05) is 14.2 Å². The Morgan fingerprint density at radius 2 is 2.15 bits per heavy atom. The van der Waals surface area contributed by atoms with Gasteiger partial charge >= 0.3 is 0 Å². The summed E-state index contributed by atoms with van der Waals surface area (Å²) >= 11 is 5.28. The van der Waals surface area contributed by atoms with Gasteiger partial charge in [0.2, 0.25) is 5.91 Å². The van der Waals surface area contributed by atoms with Gasteiger partial charge in [0.1, 0.15) is 11.8 Å². The SMILES string of the molecule is COc1ccc2[nH]c(=S)n(C3CC(=O)N(C)C3=O)c2c1. The van der Waals surface area contributed by atoms with Crippen molar-refractivity contribution in [2.45, 2.75) is 12.5 Å². The van der Waals surface area contributed by atoms with Crippen molar-refractivity contribution in [1.29, 1.82) is 0 Å². The maximum Gasteiger partial charge on any atom is 0.252 e. The molecule has 1 N–H and O–H groups in total. The number of imide groups is 1. The number of aromatic nitrogens is 2. The van der Waals surface area contributed by atoms with Gasteiger partial charge in [0, 0.05) is 13.1 Å². The summed E-state index contributed by atoms with van der Waals surface area (Å²) in [5.74, 6) is 0.236. The molecule has 1 aromatic heterocycles. The lowest BCUT2D eigenvalue weighted by Gasteiger charge is -2.11. The van der Waals surface area contributed by atoms with E-state index in [1.807, 2.05) is 12.1 Å². The second kappa shape index (κ2) is 4.45. The Bertz CT molecular complexity index is 777. The second-order valence-corrected chi connectivity index (χ2v) is 5.08. The van der Waals surface area contributed by atoms with Gasteiger partial charge in [-0.2, -0.15) is 0 Å². The molecular weight excluding hydrogens is 278 g/mol. The van der Waals surface area contributed by atoms with Crippen LogP contribution < -0.4 is 4.74 Å². The Labute approximate surface area is 119 Å². The zero-order chi connectivity index (χ0) is 14.4. The Morgan fingerprint density at radius 1 is 1.40 bits per heavy atom. The van der Waals surface area contributed by atoms with E-state index in [0.29, 0.717) is 10.5 Å². The van der Waals surface area contributed by atoms with E-state index < -0.39 is 6.04 Å². The summed E-state index contributed by atoms with van der Waals surface area (Å²) in [5, 5.41) is 0. The summed E-state index contributed by atoms with van der Waals surface area (Å²) < 4.78 is 7.31. The molecule has 0 saturated carbocycles. The number of carbonyl (C=O) groups is 2. The van der Waals surface area contributed by atoms with Gasteiger partial charge in [0.15, 0.2) is 4.77 Å². The van der Waals surface area contributed by atoms with Crippen LogP contribution in [-0.2, 0) is 9.59 Å². The van der Waals surface area contributed by atoms with Crippen molar-refractivity contribution in [3.05, 3.63) is 23.0 Å². The van der Waals surface area contributed by atoms with Gasteiger partial charge in [-0.15, -0.1) is 0 Å². The zero-order valence-corrected chi connectivity index (χ0v) is 11.9. The van der Waals surface area contributed by atoms with E-state index in [-0.39, 0.29) is 18.2 Å². The van der Waals surface area contributed by atoms with Gasteiger partial charge in [-0.3, -0.25) is 14.5 Å². The number of benzene rings is 1. The van der Waals surface area contributed by atoms with Crippen molar-refractivity contribution >= 4 is 35.1 Å². The highest BCUT2D eigenvalue weighted by atomic mass is 32.1. The molecule has 0 bridgehead atoms. The minimum Gasteiger partial charge on any atom is -0.497 e. The average molecular weight is 291 g/mol. The van der Waals surface area contributed by atoms with Crippen LogP contribution in [0.1, 0.15) is 12.5 Å². The first-order valence-corrected chi connectivity index (χ1v) is 6.52. The number of fused-ring (bicyclic) bond motifs is 1. The number of amides is 2. The molecule has 0 aliphatic carbocycles. The highest BCUT2D eigenvalue weighted by molar-refractivity contribution is 7.71. The third kappa shape index (κ3) is 1.74. The molecule has 7 heteroatoms. The molecule has 1 atom stereocenters. The fourth-order valence-corrected chi connectivity index (χ4v) is 2.81. The Balaban J connectivity index is 2.21. The molecule has 2 aromatic rings. The smallest absolute Gasteiger partial charge is 0.252 e. The minimum atomic E-state index is -0.583. The van der Waals surface area contributed by atoms with Crippen molar-refractivity contribution in [2.24, 2.45) is 0 Å². The van der Waals surface area contributed by atoms with Gasteiger partial charge in [0.05, 0.1) is 24.6 Å². The number of nitrogens with one attached hydrogen (secondary N) is 1. The zero-order valence-electron chi connectivity index (χ0n) is 11.0. The van der Waals surface area contributed by atoms with Gasteiger partial charge in [-0.25, -0.2) is 0 Å². The molecule has 0 spiro atoms. The fourth-order valence-electron chi connectivity index (χ4n) is 2.48. The number of imidazole rings is 1. The molecule has 2 amide bonds. The van der Waals surface area contributed by atoms with Crippen molar-refractivity contribution in [1.82, 2.24) is 14.5 Å². The first kappa shape index (κ1) is 12.9. The number of carbonyl (C=O) groups excluding carboxylic acids is 2. The lowest BCUT2D eigenvalue weighted by molar-refractivity contribution is -0.137. The summed E-state index contributed by atoms with van der Waals surface area (Å²) in [6.45, 7) is 0. The Morgan fingerprint density at radius 3 is 2.75 bits per heavy atom. The molecule has 0 radical (unpaired) electrons. The number of hydrogen-bond donors (Lipinski definition) is 1. The van der Waals surface area contributed by atoms with E-state index in [4.69, 9.17) is 17.0 Å². The standard InChI is InChI=1S/C13H13N3O3S/c1-15-11(17)6-10(12(15)18)16-9-5-7(19-2)3-4-8(9)14-13(16)20/h3-5,10H,6H2,1-2H3,(H,14,20). The van der Waals surface area contributed by atoms with Gasteiger partial charge in [-0.05, 0) is 24.4 Å². The van der Waals surface area contributed by atoms with Crippen molar-refractivity contribution in [3.63, 3.8) is 0 Å². The first-order valence-electron chi connectivity index (χ1n) is 6.11. The van der Waals surface area contributed by atoms with Gasteiger partial charge < -0.3 is 14.3 Å². The summed E-state index contributed by atoms with van der Waals surface area (Å²) in [4.78, 5) is 28.0. The highest BCUT2D eigenvalue weighted by Crippen LogP contribution is 2.29. The van der Waals surface area contributed by atoms with Crippen LogP contribution in [0.2, 0.25) is 0 Å². The lowest BCUT2D eigenvalue weighted by Crippen LogP contribution is -2.26. The molecular formula is C13H13N3O3S. The fraction of sp³-hybridized carbons (Fsp3) is 0.308. The molecule has 1 fully saturated rings. The number of H-pyrrole nitrogens is 1. The number of nitrogens with zero attached hydrogens (tertiary/aromatic N) is 2.